The van der Waals surface area contributed by atoms with Gasteiger partial charge in [-0.05, 0) is 30.4 Å². The highest BCUT2D eigenvalue weighted by Crippen LogP contribution is 2.49. The number of ether oxygens (including phenoxy) is 1. The van der Waals surface area contributed by atoms with E-state index in [1.165, 1.54) is 19.2 Å². The van der Waals surface area contributed by atoms with Gasteiger partial charge in [0, 0.05) is 29.3 Å². The van der Waals surface area contributed by atoms with Gasteiger partial charge in [0.25, 0.3) is 5.69 Å². The minimum atomic E-state index is -1.04. The Morgan fingerprint density at radius 1 is 1.37 bits per heavy atom. The van der Waals surface area contributed by atoms with Crippen LogP contribution in [0.25, 0.3) is 0 Å². The van der Waals surface area contributed by atoms with Crippen LogP contribution in [0.5, 0.6) is 0 Å². The molecule has 0 fully saturated rings. The van der Waals surface area contributed by atoms with Crippen LogP contribution in [0.15, 0.2) is 35.5 Å². The summed E-state index contributed by atoms with van der Waals surface area (Å²) in [6, 6.07) is 6.07. The number of carboxylic acids is 1. The van der Waals surface area contributed by atoms with Crippen molar-refractivity contribution in [1.29, 1.82) is 0 Å². The average molecular weight is 430 g/mol. The number of methoxy groups -OCH3 is 1. The van der Waals surface area contributed by atoms with Gasteiger partial charge in [-0.1, -0.05) is 26.0 Å². The molecule has 1 aliphatic heterocycles. The second-order valence-corrected chi connectivity index (χ2v) is 8.52. The standard InChI is InChI=1S/C21H22N2O6S/c1-10(2)8-14-17-16(12-6-5-7-13(9-12)23(27)28)15(21(26)29-4)11(3)22-19(17)30-18(14)20(24)25/h5-7,9-10,16,22H,8H2,1-4H3,(H,24,25). The number of nitro groups is 1. The van der Waals surface area contributed by atoms with Crippen molar-refractivity contribution in [1.82, 2.24) is 0 Å². The molecule has 8 nitrogen and oxygen atoms in total. The van der Waals surface area contributed by atoms with Crippen LogP contribution in [0.1, 0.15) is 53.1 Å². The van der Waals surface area contributed by atoms with E-state index in [9.17, 15) is 24.8 Å². The van der Waals surface area contributed by atoms with Crippen molar-refractivity contribution in [3.05, 3.63) is 67.2 Å². The molecule has 1 aromatic carbocycles. The molecule has 158 valence electrons. The van der Waals surface area contributed by atoms with Crippen molar-refractivity contribution in [3.63, 3.8) is 0 Å². The average Bonchev–Trinajstić information content (AvgIpc) is 3.03. The molecule has 0 spiro atoms. The summed E-state index contributed by atoms with van der Waals surface area (Å²) in [6.45, 7) is 5.68. The molecular formula is C21H22N2O6S. The summed E-state index contributed by atoms with van der Waals surface area (Å²) in [4.78, 5) is 35.7. The first-order chi connectivity index (χ1) is 14.1. The number of nitrogens with zero attached hydrogens (tertiary/aromatic N) is 1. The van der Waals surface area contributed by atoms with Crippen molar-refractivity contribution in [2.24, 2.45) is 5.92 Å². The Balaban J connectivity index is 2.34. The number of nitro benzene ring substituents is 1. The van der Waals surface area contributed by atoms with Gasteiger partial charge in [-0.2, -0.15) is 0 Å². The fourth-order valence-electron chi connectivity index (χ4n) is 3.79. The minimum absolute atomic E-state index is 0.103. The Hall–Kier alpha value is -3.20. The molecule has 1 unspecified atom stereocenters. The van der Waals surface area contributed by atoms with Gasteiger partial charge in [0.15, 0.2) is 0 Å². The zero-order chi connectivity index (χ0) is 22.2. The Labute approximate surface area is 177 Å². The van der Waals surface area contributed by atoms with E-state index in [0.717, 1.165) is 11.3 Å². The van der Waals surface area contributed by atoms with Crippen LogP contribution in [0, 0.1) is 16.0 Å². The number of anilines is 1. The summed E-state index contributed by atoms with van der Waals surface area (Å²) < 4.78 is 5.00. The Kier molecular flexibility index (Phi) is 5.93. The number of hydrogen-bond acceptors (Lipinski definition) is 7. The molecule has 2 aromatic rings. The van der Waals surface area contributed by atoms with Crippen molar-refractivity contribution < 1.29 is 24.4 Å². The molecule has 0 radical (unpaired) electrons. The number of carbonyl (C=O) groups excluding carboxylic acids is 1. The second kappa shape index (κ2) is 8.27. The normalized spacial score (nSPS) is 15.6. The maximum atomic E-state index is 12.7. The number of carboxylic acid groups (broad SMARTS) is 1. The van der Waals surface area contributed by atoms with E-state index < -0.39 is 22.8 Å². The third-order valence-corrected chi connectivity index (χ3v) is 6.11. The number of esters is 1. The number of hydrogen-bond donors (Lipinski definition) is 2. The maximum absolute atomic E-state index is 12.7. The highest BCUT2D eigenvalue weighted by Gasteiger charge is 2.38. The SMILES string of the molecule is COC(=O)C1=C(C)Nc2sc(C(=O)O)c(CC(C)C)c2C1c1cccc([N+](=O)[O-])c1. The molecule has 0 amide bonds. The molecular weight excluding hydrogens is 408 g/mol. The van der Waals surface area contributed by atoms with Gasteiger partial charge in [0.1, 0.15) is 4.88 Å². The molecule has 2 heterocycles. The van der Waals surface area contributed by atoms with Crippen LogP contribution in [-0.4, -0.2) is 29.1 Å². The van der Waals surface area contributed by atoms with E-state index in [1.807, 2.05) is 13.8 Å². The van der Waals surface area contributed by atoms with E-state index in [0.29, 0.717) is 39.4 Å². The molecule has 0 saturated heterocycles. The van der Waals surface area contributed by atoms with Crippen molar-refractivity contribution in [2.45, 2.75) is 33.1 Å². The van der Waals surface area contributed by atoms with Gasteiger partial charge in [-0.3, -0.25) is 10.1 Å². The number of carbonyl (C=O) groups is 2. The lowest BCUT2D eigenvalue weighted by Crippen LogP contribution is -2.24. The third kappa shape index (κ3) is 3.80. The monoisotopic (exact) mass is 430 g/mol. The minimum Gasteiger partial charge on any atom is -0.477 e. The summed E-state index contributed by atoms with van der Waals surface area (Å²) in [7, 11) is 1.27. The lowest BCUT2D eigenvalue weighted by atomic mass is 9.79. The summed E-state index contributed by atoms with van der Waals surface area (Å²) in [5, 5.41) is 24.9. The number of nitrogens with one attached hydrogen (secondary N) is 1. The highest BCUT2D eigenvalue weighted by atomic mass is 32.1. The number of fused-ring (bicyclic) bond motifs is 1. The first kappa shape index (κ1) is 21.5. The Bertz CT molecular complexity index is 1070. The van der Waals surface area contributed by atoms with E-state index in [2.05, 4.69) is 5.32 Å². The molecule has 0 saturated carbocycles. The van der Waals surface area contributed by atoms with Crippen LogP contribution in [0.3, 0.4) is 0 Å². The van der Waals surface area contributed by atoms with E-state index >= 15 is 0 Å². The highest BCUT2D eigenvalue weighted by molar-refractivity contribution is 7.18. The zero-order valence-corrected chi connectivity index (χ0v) is 17.8. The summed E-state index contributed by atoms with van der Waals surface area (Å²) in [5.74, 6) is -2.12. The van der Waals surface area contributed by atoms with Crippen LogP contribution < -0.4 is 5.32 Å². The van der Waals surface area contributed by atoms with Gasteiger partial charge >= 0.3 is 11.9 Å². The van der Waals surface area contributed by atoms with Gasteiger partial charge in [0.05, 0.1) is 22.6 Å². The lowest BCUT2D eigenvalue weighted by molar-refractivity contribution is -0.384. The number of rotatable bonds is 6. The van der Waals surface area contributed by atoms with Crippen molar-refractivity contribution >= 4 is 34.0 Å². The lowest BCUT2D eigenvalue weighted by Gasteiger charge is -2.29. The number of aromatic carboxylic acids is 1. The predicted octanol–water partition coefficient (Wildman–Crippen LogP) is 4.56. The van der Waals surface area contributed by atoms with Gasteiger partial charge < -0.3 is 15.2 Å². The molecule has 1 atom stereocenters. The summed E-state index contributed by atoms with van der Waals surface area (Å²) in [6.07, 6.45) is 0.494. The van der Waals surface area contributed by atoms with Crippen LogP contribution in [0.2, 0.25) is 0 Å². The molecule has 1 aliphatic rings. The first-order valence-corrected chi connectivity index (χ1v) is 10.2. The topological polar surface area (TPSA) is 119 Å². The molecule has 1 aromatic heterocycles. The van der Waals surface area contributed by atoms with Gasteiger partial charge in [0.2, 0.25) is 0 Å². The molecule has 9 heteroatoms. The van der Waals surface area contributed by atoms with E-state index in [4.69, 9.17) is 4.74 Å². The van der Waals surface area contributed by atoms with E-state index in [-0.39, 0.29) is 16.5 Å². The van der Waals surface area contributed by atoms with Crippen molar-refractivity contribution in [2.75, 3.05) is 12.4 Å². The molecule has 0 bridgehead atoms. The fraction of sp³-hybridized carbons (Fsp3) is 0.333. The first-order valence-electron chi connectivity index (χ1n) is 9.35. The van der Waals surface area contributed by atoms with Gasteiger partial charge in [-0.15, -0.1) is 11.3 Å². The maximum Gasteiger partial charge on any atom is 0.346 e. The second-order valence-electron chi connectivity index (χ2n) is 7.50. The van der Waals surface area contributed by atoms with Crippen molar-refractivity contribution in [3.8, 4) is 0 Å². The number of thiophene rings is 1. The fourth-order valence-corrected chi connectivity index (χ4v) is 4.95. The molecule has 30 heavy (non-hydrogen) atoms. The zero-order valence-electron chi connectivity index (χ0n) is 17.0. The van der Waals surface area contributed by atoms with Crippen LogP contribution in [0.4, 0.5) is 10.7 Å². The van der Waals surface area contributed by atoms with Crippen LogP contribution >= 0.6 is 11.3 Å². The quantitative estimate of drug-likeness (QED) is 0.392. The molecule has 3 rings (SSSR count). The molecule has 0 aliphatic carbocycles. The Morgan fingerprint density at radius 2 is 2.07 bits per heavy atom. The van der Waals surface area contributed by atoms with E-state index in [1.54, 1.807) is 19.1 Å². The summed E-state index contributed by atoms with van der Waals surface area (Å²) >= 11 is 1.12. The number of allylic oxidation sites excluding steroid dienone is 1. The summed E-state index contributed by atoms with van der Waals surface area (Å²) in [5.41, 5.74) is 2.57. The Morgan fingerprint density at radius 3 is 2.63 bits per heavy atom. The van der Waals surface area contributed by atoms with Gasteiger partial charge in [-0.25, -0.2) is 9.59 Å². The largest absolute Gasteiger partial charge is 0.477 e. The third-order valence-electron chi connectivity index (χ3n) is 4.96. The molecule has 2 N–H and O–H groups in total. The van der Waals surface area contributed by atoms with Crippen LogP contribution in [-0.2, 0) is 16.0 Å². The number of non-ortho nitro benzene ring substituents is 1. The smallest absolute Gasteiger partial charge is 0.346 e. The number of benzene rings is 1. The predicted molar refractivity (Wildman–Crippen MR) is 113 cm³/mol.